The molecule has 3 heterocycles. The third-order valence-corrected chi connectivity index (χ3v) is 4.84. The van der Waals surface area contributed by atoms with Gasteiger partial charge in [0.25, 0.3) is 5.78 Å². The number of nitrogens with zero attached hydrogens (tertiary/aromatic N) is 5. The summed E-state index contributed by atoms with van der Waals surface area (Å²) >= 11 is 0. The number of carbonyl (C=O) groups is 1. The van der Waals surface area contributed by atoms with Crippen molar-refractivity contribution in [1.29, 1.82) is 0 Å². The number of rotatable bonds is 4. The second kappa shape index (κ2) is 7.28. The first-order valence-corrected chi connectivity index (χ1v) is 9.70. The molecule has 2 aromatic carbocycles. The first-order valence-electron chi connectivity index (χ1n) is 9.70. The lowest BCUT2D eigenvalue weighted by Crippen LogP contribution is -2.15. The predicted octanol–water partition coefficient (Wildman–Crippen LogP) is 3.60. The smallest absolute Gasteiger partial charge is 0.252 e. The van der Waals surface area contributed by atoms with E-state index in [2.05, 4.69) is 30.4 Å². The molecule has 0 fully saturated rings. The molecule has 0 aliphatic heterocycles. The van der Waals surface area contributed by atoms with Crippen molar-refractivity contribution >= 4 is 28.4 Å². The Hall–Kier alpha value is -4.14. The molecule has 5 rings (SSSR count). The van der Waals surface area contributed by atoms with Crippen molar-refractivity contribution in [3.63, 3.8) is 0 Å². The zero-order chi connectivity index (χ0) is 21.5. The van der Waals surface area contributed by atoms with Gasteiger partial charge in [0.2, 0.25) is 5.91 Å². The third kappa shape index (κ3) is 3.73. The lowest BCUT2D eigenvalue weighted by Gasteiger charge is -2.03. The number of aromatic amines is 1. The number of anilines is 1. The van der Waals surface area contributed by atoms with Crippen LogP contribution in [0.2, 0.25) is 0 Å². The van der Waals surface area contributed by atoms with Crippen molar-refractivity contribution in [3.05, 3.63) is 71.6 Å². The molecule has 9 heteroatoms. The largest absolute Gasteiger partial charge is 0.338 e. The summed E-state index contributed by atoms with van der Waals surface area (Å²) < 4.78 is 15.1. The van der Waals surface area contributed by atoms with Gasteiger partial charge in [0.1, 0.15) is 11.6 Å². The van der Waals surface area contributed by atoms with Crippen LogP contribution in [0.5, 0.6) is 0 Å². The Balaban J connectivity index is 1.35. The fraction of sp³-hybridized carbons (Fsp3) is 0.136. The molecule has 0 aliphatic carbocycles. The van der Waals surface area contributed by atoms with E-state index >= 15 is 0 Å². The van der Waals surface area contributed by atoms with Crippen LogP contribution in [0.4, 0.5) is 10.1 Å². The standard InChI is InChI=1S/C22H18FN7O/c1-12-8-13(2)30-22(24-12)28-19(29-30)11-20(31)25-16-6-7-17-18(10-16)27-21(26-17)14-4-3-5-15(23)9-14/h3-10H,11H2,1-2H3,(H,25,31)(H,26,27). The highest BCUT2D eigenvalue weighted by Crippen LogP contribution is 2.23. The number of nitrogens with one attached hydrogen (secondary N) is 2. The van der Waals surface area contributed by atoms with Gasteiger partial charge in [0.05, 0.1) is 17.5 Å². The van der Waals surface area contributed by atoms with Crippen molar-refractivity contribution in [2.75, 3.05) is 5.32 Å². The summed E-state index contributed by atoms with van der Waals surface area (Å²) in [6.07, 6.45) is 0.0252. The Bertz CT molecular complexity index is 1450. The van der Waals surface area contributed by atoms with Crippen LogP contribution in [0.15, 0.2) is 48.5 Å². The van der Waals surface area contributed by atoms with Crippen LogP contribution in [0.25, 0.3) is 28.2 Å². The van der Waals surface area contributed by atoms with Crippen LogP contribution in [-0.2, 0) is 11.2 Å². The molecule has 1 amide bonds. The first-order chi connectivity index (χ1) is 14.9. The highest BCUT2D eigenvalue weighted by Gasteiger charge is 2.13. The van der Waals surface area contributed by atoms with Gasteiger partial charge >= 0.3 is 0 Å². The minimum absolute atomic E-state index is 0.0252. The van der Waals surface area contributed by atoms with Gasteiger partial charge in [-0.1, -0.05) is 12.1 Å². The minimum Gasteiger partial charge on any atom is -0.338 e. The minimum atomic E-state index is -0.327. The SMILES string of the molecule is Cc1cc(C)n2nc(CC(=O)Nc3ccc4nc(-c5cccc(F)c5)[nH]c4c3)nc2n1. The zero-order valence-electron chi connectivity index (χ0n) is 16.8. The van der Waals surface area contributed by atoms with Crippen molar-refractivity contribution in [1.82, 2.24) is 29.5 Å². The second-order valence-electron chi connectivity index (χ2n) is 7.33. The summed E-state index contributed by atoms with van der Waals surface area (Å²) in [5, 5.41) is 7.22. The topological polar surface area (TPSA) is 101 Å². The average Bonchev–Trinajstić information content (AvgIpc) is 3.31. The number of halogens is 1. The molecule has 0 saturated carbocycles. The second-order valence-corrected chi connectivity index (χ2v) is 7.33. The Kier molecular flexibility index (Phi) is 4.43. The van der Waals surface area contributed by atoms with Gasteiger partial charge in [-0.25, -0.2) is 18.9 Å². The van der Waals surface area contributed by atoms with E-state index in [1.54, 1.807) is 34.8 Å². The van der Waals surface area contributed by atoms with Crippen LogP contribution >= 0.6 is 0 Å². The van der Waals surface area contributed by atoms with Crippen molar-refractivity contribution < 1.29 is 9.18 Å². The maximum absolute atomic E-state index is 13.5. The van der Waals surface area contributed by atoms with Gasteiger partial charge in [-0.3, -0.25) is 4.79 Å². The summed E-state index contributed by atoms with van der Waals surface area (Å²) in [6.45, 7) is 3.80. The highest BCUT2D eigenvalue weighted by molar-refractivity contribution is 5.94. The lowest BCUT2D eigenvalue weighted by atomic mass is 10.2. The van der Waals surface area contributed by atoms with E-state index in [1.165, 1.54) is 12.1 Å². The summed E-state index contributed by atoms with van der Waals surface area (Å²) in [6, 6.07) is 13.5. The fourth-order valence-electron chi connectivity index (χ4n) is 3.49. The van der Waals surface area contributed by atoms with Gasteiger partial charge < -0.3 is 10.3 Å². The van der Waals surface area contributed by atoms with E-state index in [9.17, 15) is 9.18 Å². The van der Waals surface area contributed by atoms with E-state index in [0.717, 1.165) is 22.4 Å². The molecule has 154 valence electrons. The number of aryl methyl sites for hydroxylation is 2. The van der Waals surface area contributed by atoms with Crippen molar-refractivity contribution in [2.45, 2.75) is 20.3 Å². The molecule has 0 saturated heterocycles. The molecule has 0 radical (unpaired) electrons. The van der Waals surface area contributed by atoms with E-state index in [1.807, 2.05) is 19.9 Å². The van der Waals surface area contributed by atoms with Gasteiger partial charge in [0.15, 0.2) is 5.82 Å². The van der Waals surface area contributed by atoms with Gasteiger partial charge in [-0.2, -0.15) is 4.98 Å². The predicted molar refractivity (Wildman–Crippen MR) is 114 cm³/mol. The number of H-pyrrole nitrogens is 1. The average molecular weight is 415 g/mol. The van der Waals surface area contributed by atoms with Gasteiger partial charge in [-0.15, -0.1) is 5.10 Å². The number of amides is 1. The van der Waals surface area contributed by atoms with Crippen molar-refractivity contribution in [3.8, 4) is 11.4 Å². The maximum atomic E-state index is 13.5. The van der Waals surface area contributed by atoms with Crippen LogP contribution in [0.1, 0.15) is 17.2 Å². The lowest BCUT2D eigenvalue weighted by molar-refractivity contribution is -0.115. The van der Waals surface area contributed by atoms with Gasteiger partial charge in [0, 0.05) is 22.6 Å². The van der Waals surface area contributed by atoms with Crippen LogP contribution < -0.4 is 5.32 Å². The maximum Gasteiger partial charge on any atom is 0.252 e. The normalized spacial score (nSPS) is 11.3. The molecule has 8 nitrogen and oxygen atoms in total. The number of benzene rings is 2. The molecular formula is C22H18FN7O. The summed E-state index contributed by atoms with van der Waals surface area (Å²) in [5.41, 5.74) is 4.47. The van der Waals surface area contributed by atoms with E-state index in [0.29, 0.717) is 28.7 Å². The van der Waals surface area contributed by atoms with Crippen LogP contribution in [-0.4, -0.2) is 35.5 Å². The summed E-state index contributed by atoms with van der Waals surface area (Å²) in [4.78, 5) is 28.9. The Labute approximate surface area is 176 Å². The summed E-state index contributed by atoms with van der Waals surface area (Å²) in [7, 11) is 0. The monoisotopic (exact) mass is 415 g/mol. The quantitative estimate of drug-likeness (QED) is 0.467. The summed E-state index contributed by atoms with van der Waals surface area (Å²) in [5.74, 6) is 0.866. The third-order valence-electron chi connectivity index (χ3n) is 4.84. The molecule has 3 aromatic heterocycles. The van der Waals surface area contributed by atoms with E-state index < -0.39 is 0 Å². The number of hydrogen-bond acceptors (Lipinski definition) is 5. The number of imidazole rings is 1. The van der Waals surface area contributed by atoms with Crippen LogP contribution in [0.3, 0.4) is 0 Å². The van der Waals surface area contributed by atoms with E-state index in [4.69, 9.17) is 0 Å². The molecule has 0 aliphatic rings. The van der Waals surface area contributed by atoms with E-state index in [-0.39, 0.29) is 18.1 Å². The first kappa shape index (κ1) is 18.9. The molecular weight excluding hydrogens is 397 g/mol. The van der Waals surface area contributed by atoms with Gasteiger partial charge in [-0.05, 0) is 50.2 Å². The highest BCUT2D eigenvalue weighted by atomic mass is 19.1. The van der Waals surface area contributed by atoms with Crippen LogP contribution in [0, 0.1) is 19.7 Å². The van der Waals surface area contributed by atoms with Crippen molar-refractivity contribution in [2.24, 2.45) is 0 Å². The Morgan fingerprint density at radius 2 is 1.97 bits per heavy atom. The number of carbonyl (C=O) groups excluding carboxylic acids is 1. The molecule has 0 atom stereocenters. The molecule has 0 spiro atoms. The molecule has 0 bridgehead atoms. The molecule has 5 aromatic rings. The molecule has 31 heavy (non-hydrogen) atoms. The number of fused-ring (bicyclic) bond motifs is 2. The Morgan fingerprint density at radius 3 is 2.81 bits per heavy atom. The zero-order valence-corrected chi connectivity index (χ0v) is 16.8. The molecule has 2 N–H and O–H groups in total. The number of hydrogen-bond donors (Lipinski definition) is 2. The molecule has 0 unspecified atom stereocenters. The number of aromatic nitrogens is 6. The fourth-order valence-corrected chi connectivity index (χ4v) is 3.49. The Morgan fingerprint density at radius 1 is 1.10 bits per heavy atom.